The van der Waals surface area contributed by atoms with Crippen molar-refractivity contribution in [2.45, 2.75) is 5.37 Å². The molecule has 1 aliphatic rings. The molecule has 0 bridgehead atoms. The van der Waals surface area contributed by atoms with Gasteiger partial charge in [-0.15, -0.1) is 11.8 Å². The molecular weight excluding hydrogens is 280 g/mol. The Hall–Kier alpha value is -1.14. The molecule has 1 saturated heterocycles. The van der Waals surface area contributed by atoms with Gasteiger partial charge in [-0.3, -0.25) is 0 Å². The first kappa shape index (κ1) is 14.3. The molecule has 1 heterocycles. The van der Waals surface area contributed by atoms with Crippen LogP contribution in [0, 0.1) is 0 Å². The molecule has 0 saturated carbocycles. The fourth-order valence-corrected chi connectivity index (χ4v) is 3.66. The summed E-state index contributed by atoms with van der Waals surface area (Å²) in [6, 6.07) is 5.91. The molecule has 19 heavy (non-hydrogen) atoms. The summed E-state index contributed by atoms with van der Waals surface area (Å²) < 4.78 is 10.7. The number of nitrogens with one attached hydrogen (secondary N) is 1. The molecule has 104 valence electrons. The van der Waals surface area contributed by atoms with Crippen LogP contribution < -0.4 is 14.8 Å². The van der Waals surface area contributed by atoms with Crippen LogP contribution in [-0.2, 0) is 0 Å². The molecule has 0 aromatic heterocycles. The summed E-state index contributed by atoms with van der Waals surface area (Å²) in [7, 11) is 5.19. The van der Waals surface area contributed by atoms with Crippen molar-refractivity contribution in [1.29, 1.82) is 0 Å². The average molecular weight is 298 g/mol. The normalized spacial score (nSPS) is 18.3. The van der Waals surface area contributed by atoms with Crippen molar-refractivity contribution >= 4 is 29.1 Å². The first-order valence-corrected chi connectivity index (χ1v) is 7.48. The third kappa shape index (κ3) is 2.90. The van der Waals surface area contributed by atoms with E-state index in [1.165, 1.54) is 0 Å². The van der Waals surface area contributed by atoms with Crippen LogP contribution in [0.15, 0.2) is 18.2 Å². The molecule has 0 aliphatic carbocycles. The van der Waals surface area contributed by atoms with Crippen molar-refractivity contribution in [2.75, 3.05) is 33.6 Å². The van der Waals surface area contributed by atoms with E-state index in [1.807, 2.05) is 37.0 Å². The van der Waals surface area contributed by atoms with E-state index in [9.17, 15) is 0 Å². The number of benzene rings is 1. The minimum Gasteiger partial charge on any atom is -0.497 e. The Morgan fingerprint density at radius 2 is 2.21 bits per heavy atom. The first-order valence-electron chi connectivity index (χ1n) is 6.03. The lowest BCUT2D eigenvalue weighted by atomic mass is 10.1. The number of nitrogens with zero attached hydrogens (tertiary/aromatic N) is 1. The lowest BCUT2D eigenvalue weighted by Crippen LogP contribution is -2.37. The number of thiocarbonyl (C=S) groups is 1. The van der Waals surface area contributed by atoms with Gasteiger partial charge in [0.15, 0.2) is 5.11 Å². The number of hydrogen-bond acceptors (Lipinski definition) is 4. The zero-order chi connectivity index (χ0) is 13.8. The van der Waals surface area contributed by atoms with E-state index in [-0.39, 0.29) is 5.37 Å². The highest BCUT2D eigenvalue weighted by Gasteiger charge is 2.30. The molecule has 1 aromatic carbocycles. The Balaban J connectivity index is 2.32. The molecule has 1 aliphatic heterocycles. The molecule has 1 N–H and O–H groups in total. The van der Waals surface area contributed by atoms with Gasteiger partial charge in [0.1, 0.15) is 16.9 Å². The topological polar surface area (TPSA) is 33.7 Å². The Morgan fingerprint density at radius 3 is 2.84 bits per heavy atom. The molecule has 1 fully saturated rings. The third-order valence-electron chi connectivity index (χ3n) is 3.07. The fourth-order valence-electron chi connectivity index (χ4n) is 2.10. The minimum atomic E-state index is 0.195. The van der Waals surface area contributed by atoms with E-state index >= 15 is 0 Å². The lowest BCUT2D eigenvalue weighted by Gasteiger charge is -2.27. The Bertz CT molecular complexity index is 468. The van der Waals surface area contributed by atoms with Crippen LogP contribution in [0.4, 0.5) is 0 Å². The van der Waals surface area contributed by atoms with E-state index in [0.717, 1.165) is 34.5 Å². The van der Waals surface area contributed by atoms with Crippen LogP contribution in [0.1, 0.15) is 10.9 Å². The second kappa shape index (κ2) is 6.34. The van der Waals surface area contributed by atoms with Gasteiger partial charge in [0.2, 0.25) is 0 Å². The van der Waals surface area contributed by atoms with E-state index in [1.54, 1.807) is 14.2 Å². The smallest absolute Gasteiger partial charge is 0.169 e. The summed E-state index contributed by atoms with van der Waals surface area (Å²) in [6.45, 7) is 0.949. The Labute approximate surface area is 123 Å². The van der Waals surface area contributed by atoms with Crippen LogP contribution in [0.2, 0.25) is 0 Å². The predicted molar refractivity (Wildman–Crippen MR) is 83.1 cm³/mol. The highest BCUT2D eigenvalue weighted by Crippen LogP contribution is 2.42. The maximum absolute atomic E-state index is 5.48. The summed E-state index contributed by atoms with van der Waals surface area (Å²) in [5.74, 6) is 2.69. The minimum absolute atomic E-state index is 0.195. The zero-order valence-corrected chi connectivity index (χ0v) is 12.9. The molecular formula is C13H18N2O2S2. The fraction of sp³-hybridized carbons (Fsp3) is 0.462. The van der Waals surface area contributed by atoms with Crippen LogP contribution in [0.25, 0.3) is 0 Å². The van der Waals surface area contributed by atoms with Crippen LogP contribution >= 0.6 is 24.0 Å². The summed E-state index contributed by atoms with van der Waals surface area (Å²) in [5, 5.41) is 4.01. The molecule has 4 nitrogen and oxygen atoms in total. The van der Waals surface area contributed by atoms with E-state index in [0.29, 0.717) is 0 Å². The average Bonchev–Trinajstić information content (AvgIpc) is 2.94. The van der Waals surface area contributed by atoms with Crippen molar-refractivity contribution in [3.8, 4) is 11.5 Å². The van der Waals surface area contributed by atoms with E-state index < -0.39 is 0 Å². The van der Waals surface area contributed by atoms with Gasteiger partial charge < -0.3 is 19.7 Å². The molecule has 1 aromatic rings. The van der Waals surface area contributed by atoms with E-state index in [2.05, 4.69) is 10.2 Å². The van der Waals surface area contributed by atoms with Gasteiger partial charge in [-0.1, -0.05) is 0 Å². The zero-order valence-electron chi connectivity index (χ0n) is 11.3. The quantitative estimate of drug-likeness (QED) is 0.862. The van der Waals surface area contributed by atoms with Gasteiger partial charge in [0.05, 0.1) is 14.2 Å². The molecule has 0 amide bonds. The van der Waals surface area contributed by atoms with Crippen molar-refractivity contribution in [2.24, 2.45) is 0 Å². The highest BCUT2D eigenvalue weighted by molar-refractivity contribution is 7.99. The number of ether oxygens (including phenoxy) is 2. The summed E-state index contributed by atoms with van der Waals surface area (Å²) in [6.07, 6.45) is 0. The van der Waals surface area contributed by atoms with E-state index in [4.69, 9.17) is 21.7 Å². The van der Waals surface area contributed by atoms with Gasteiger partial charge in [-0.25, -0.2) is 0 Å². The molecule has 1 atom stereocenters. The molecule has 2 rings (SSSR count). The predicted octanol–water partition coefficient (Wildman–Crippen LogP) is 2.26. The summed E-state index contributed by atoms with van der Waals surface area (Å²) in [5.41, 5.74) is 1.13. The van der Waals surface area contributed by atoms with Crippen LogP contribution in [-0.4, -0.2) is 43.6 Å². The van der Waals surface area contributed by atoms with Crippen molar-refractivity contribution in [1.82, 2.24) is 10.2 Å². The lowest BCUT2D eigenvalue weighted by molar-refractivity contribution is 0.378. The number of methoxy groups -OCH3 is 2. The van der Waals surface area contributed by atoms with Gasteiger partial charge in [0, 0.05) is 31.0 Å². The van der Waals surface area contributed by atoms with Gasteiger partial charge in [-0.2, -0.15) is 0 Å². The maximum Gasteiger partial charge on any atom is 0.169 e. The monoisotopic (exact) mass is 298 g/mol. The van der Waals surface area contributed by atoms with Gasteiger partial charge in [0.25, 0.3) is 0 Å². The largest absolute Gasteiger partial charge is 0.497 e. The SMILES string of the molecule is CNC(=S)N1CCSC1c1ccc(OC)cc1OC. The van der Waals surface area contributed by atoms with Crippen LogP contribution in [0.3, 0.4) is 0 Å². The van der Waals surface area contributed by atoms with Crippen molar-refractivity contribution in [3.63, 3.8) is 0 Å². The second-order valence-electron chi connectivity index (χ2n) is 4.08. The van der Waals surface area contributed by atoms with Gasteiger partial charge in [-0.05, 0) is 24.4 Å². The first-order chi connectivity index (χ1) is 9.21. The highest BCUT2D eigenvalue weighted by atomic mass is 32.2. The molecule has 0 radical (unpaired) electrons. The maximum atomic E-state index is 5.48. The Morgan fingerprint density at radius 1 is 1.42 bits per heavy atom. The number of hydrogen-bond donors (Lipinski definition) is 1. The van der Waals surface area contributed by atoms with Crippen molar-refractivity contribution < 1.29 is 9.47 Å². The molecule has 1 unspecified atom stereocenters. The van der Waals surface area contributed by atoms with Crippen molar-refractivity contribution in [3.05, 3.63) is 23.8 Å². The Kier molecular flexibility index (Phi) is 4.76. The van der Waals surface area contributed by atoms with Crippen LogP contribution in [0.5, 0.6) is 11.5 Å². The summed E-state index contributed by atoms with van der Waals surface area (Å²) >= 11 is 7.22. The molecule has 0 spiro atoms. The third-order valence-corrected chi connectivity index (χ3v) is 4.75. The second-order valence-corrected chi connectivity index (χ2v) is 5.65. The molecule has 6 heteroatoms. The number of rotatable bonds is 3. The van der Waals surface area contributed by atoms with Gasteiger partial charge >= 0.3 is 0 Å². The summed E-state index contributed by atoms with van der Waals surface area (Å²) in [4.78, 5) is 2.18. The number of thioether (sulfide) groups is 1. The standard InChI is InChI=1S/C13H18N2O2S2/c1-14-13(18)15-6-7-19-12(15)10-5-4-9(16-2)8-11(10)17-3/h4-5,8,12H,6-7H2,1-3H3,(H,14,18).